The summed E-state index contributed by atoms with van der Waals surface area (Å²) in [5.41, 5.74) is -0.421. The monoisotopic (exact) mass is 313 g/mol. The number of hydrogen-bond donors (Lipinski definition) is 1. The van der Waals surface area contributed by atoms with Gasteiger partial charge in [0.05, 0.1) is 19.8 Å². The molecule has 1 N–H and O–H groups in total. The third kappa shape index (κ3) is 6.93. The van der Waals surface area contributed by atoms with Crippen LogP contribution in [-0.4, -0.2) is 44.0 Å². The second-order valence-corrected chi connectivity index (χ2v) is 5.44. The van der Waals surface area contributed by atoms with Crippen molar-refractivity contribution in [2.45, 2.75) is 51.0 Å². The highest BCUT2D eigenvalue weighted by atomic mass is 16.6. The number of nitrogens with one attached hydrogen (secondary N) is 1. The van der Waals surface area contributed by atoms with Crippen molar-refractivity contribution in [2.24, 2.45) is 0 Å². The van der Waals surface area contributed by atoms with Crippen molar-refractivity contribution in [1.29, 1.82) is 0 Å². The maximum absolute atomic E-state index is 11.9. The van der Waals surface area contributed by atoms with E-state index in [9.17, 15) is 9.59 Å². The Morgan fingerprint density at radius 1 is 1.32 bits per heavy atom. The Morgan fingerprint density at radius 2 is 2.05 bits per heavy atom. The zero-order chi connectivity index (χ0) is 16.3. The summed E-state index contributed by atoms with van der Waals surface area (Å²) < 4.78 is 15.8. The van der Waals surface area contributed by atoms with Crippen LogP contribution in [0.4, 0.5) is 4.79 Å². The fourth-order valence-corrected chi connectivity index (χ4v) is 2.44. The number of alkyl carbamates (subject to hydrolysis) is 1. The molecule has 0 aromatic rings. The largest absolute Gasteiger partial charge is 0.461 e. The lowest BCUT2D eigenvalue weighted by molar-refractivity contribution is -0.137. The summed E-state index contributed by atoms with van der Waals surface area (Å²) >= 11 is 0. The second-order valence-electron chi connectivity index (χ2n) is 5.44. The van der Waals surface area contributed by atoms with Crippen molar-refractivity contribution < 1.29 is 23.8 Å². The molecule has 1 aliphatic heterocycles. The van der Waals surface area contributed by atoms with Gasteiger partial charge in [-0.1, -0.05) is 26.3 Å². The van der Waals surface area contributed by atoms with Crippen molar-refractivity contribution in [1.82, 2.24) is 5.32 Å². The third-order valence-corrected chi connectivity index (χ3v) is 3.73. The number of hydrogen-bond acceptors (Lipinski definition) is 5. The first-order chi connectivity index (χ1) is 10.6. The normalized spacial score (nSPS) is 16.6. The van der Waals surface area contributed by atoms with Crippen molar-refractivity contribution in [3.8, 4) is 0 Å². The molecule has 22 heavy (non-hydrogen) atoms. The molecule has 0 spiro atoms. The summed E-state index contributed by atoms with van der Waals surface area (Å²) in [5, 5.41) is 2.61. The Morgan fingerprint density at radius 3 is 2.68 bits per heavy atom. The lowest BCUT2D eigenvalue weighted by Gasteiger charge is -2.36. The van der Waals surface area contributed by atoms with E-state index in [1.807, 2.05) is 0 Å². The molecule has 1 amide bonds. The van der Waals surface area contributed by atoms with E-state index in [2.05, 4.69) is 18.8 Å². The van der Waals surface area contributed by atoms with Crippen LogP contribution in [0.2, 0.25) is 0 Å². The smallest absolute Gasteiger partial charge is 0.407 e. The highest BCUT2D eigenvalue weighted by Crippen LogP contribution is 2.31. The predicted molar refractivity (Wildman–Crippen MR) is 82.6 cm³/mol. The summed E-state index contributed by atoms with van der Waals surface area (Å²) in [6.45, 7) is 7.01. The van der Waals surface area contributed by atoms with E-state index in [1.165, 1.54) is 0 Å². The van der Waals surface area contributed by atoms with Gasteiger partial charge >= 0.3 is 12.1 Å². The minimum Gasteiger partial charge on any atom is -0.461 e. The number of esters is 1. The molecule has 0 radical (unpaired) electrons. The second kappa shape index (κ2) is 10.2. The summed E-state index contributed by atoms with van der Waals surface area (Å²) in [7, 11) is 0. The molecule has 0 atom stereocenters. The maximum atomic E-state index is 11.9. The van der Waals surface area contributed by atoms with Gasteiger partial charge in [-0.25, -0.2) is 9.59 Å². The molecule has 1 saturated heterocycles. The Balaban J connectivity index is 2.35. The summed E-state index contributed by atoms with van der Waals surface area (Å²) in [6, 6.07) is 0. The molecule has 0 aromatic carbocycles. The van der Waals surface area contributed by atoms with Gasteiger partial charge in [-0.2, -0.15) is 0 Å². The molecule has 1 rings (SSSR count). The number of carbonyl (C=O) groups excluding carboxylic acids is 2. The Bertz CT molecular complexity index is 364. The van der Waals surface area contributed by atoms with E-state index in [0.29, 0.717) is 13.2 Å². The molecule has 0 unspecified atom stereocenters. The molecule has 0 saturated carbocycles. The molecular formula is C16H27NO5. The van der Waals surface area contributed by atoms with Crippen LogP contribution in [0.25, 0.3) is 0 Å². The molecule has 6 heteroatoms. The van der Waals surface area contributed by atoms with Crippen molar-refractivity contribution in [3.63, 3.8) is 0 Å². The number of unbranched alkanes of at least 4 members (excludes halogenated alkanes) is 2. The van der Waals surface area contributed by atoms with Crippen LogP contribution >= 0.6 is 0 Å². The lowest BCUT2D eigenvalue weighted by Crippen LogP contribution is -2.44. The van der Waals surface area contributed by atoms with Crippen molar-refractivity contribution in [2.75, 3.05) is 26.4 Å². The number of amides is 1. The first-order valence-electron chi connectivity index (χ1n) is 7.95. The van der Waals surface area contributed by atoms with Gasteiger partial charge in [0.15, 0.2) is 0 Å². The Kier molecular flexibility index (Phi) is 8.58. The van der Waals surface area contributed by atoms with Gasteiger partial charge in [-0.3, -0.25) is 0 Å². The van der Waals surface area contributed by atoms with Gasteiger partial charge in [0.2, 0.25) is 0 Å². The summed E-state index contributed by atoms with van der Waals surface area (Å²) in [5.74, 6) is -0.504. The minimum atomic E-state index is -0.504. The topological polar surface area (TPSA) is 73.9 Å². The van der Waals surface area contributed by atoms with Crippen LogP contribution in [-0.2, 0) is 19.0 Å². The van der Waals surface area contributed by atoms with Gasteiger partial charge in [0, 0.05) is 18.9 Å². The van der Waals surface area contributed by atoms with E-state index < -0.39 is 17.7 Å². The van der Waals surface area contributed by atoms with Crippen molar-refractivity contribution in [3.05, 3.63) is 12.7 Å². The van der Waals surface area contributed by atoms with E-state index >= 15 is 0 Å². The molecule has 126 valence electrons. The maximum Gasteiger partial charge on any atom is 0.407 e. The van der Waals surface area contributed by atoms with Gasteiger partial charge in [-0.05, 0) is 12.8 Å². The zero-order valence-corrected chi connectivity index (χ0v) is 13.4. The minimum absolute atomic E-state index is 0.103. The molecule has 1 aliphatic rings. The average Bonchev–Trinajstić information content (AvgIpc) is 2.52. The van der Waals surface area contributed by atoms with Gasteiger partial charge < -0.3 is 19.5 Å². The Hall–Kier alpha value is -1.56. The molecule has 0 aromatic heterocycles. The van der Waals surface area contributed by atoms with Crippen LogP contribution < -0.4 is 5.32 Å². The number of ether oxygens (including phenoxy) is 3. The van der Waals surface area contributed by atoms with E-state index in [-0.39, 0.29) is 13.2 Å². The third-order valence-electron chi connectivity index (χ3n) is 3.73. The fraction of sp³-hybridized carbons (Fsp3) is 0.750. The van der Waals surface area contributed by atoms with Crippen LogP contribution in [0.3, 0.4) is 0 Å². The SMILES string of the molecule is C=CC(=O)OCCNC(=O)OC1(CCCCC)CCOCC1. The van der Waals surface area contributed by atoms with Gasteiger partial charge in [0.1, 0.15) is 12.2 Å². The quantitative estimate of drug-likeness (QED) is 0.402. The number of rotatable bonds is 9. The molecule has 1 heterocycles. The standard InChI is InChI=1S/C16H27NO5/c1-3-5-6-7-16(8-11-20-12-9-16)22-15(19)17-10-13-21-14(18)4-2/h4H,2-3,5-13H2,1H3,(H,17,19). The summed E-state index contributed by atoms with van der Waals surface area (Å²) in [4.78, 5) is 22.8. The summed E-state index contributed by atoms with van der Waals surface area (Å²) in [6.07, 6.45) is 6.25. The van der Waals surface area contributed by atoms with Crippen LogP contribution in [0.5, 0.6) is 0 Å². The highest BCUT2D eigenvalue weighted by Gasteiger charge is 2.35. The van der Waals surface area contributed by atoms with Crippen LogP contribution in [0.1, 0.15) is 45.4 Å². The average molecular weight is 313 g/mol. The fourth-order valence-electron chi connectivity index (χ4n) is 2.44. The molecule has 6 nitrogen and oxygen atoms in total. The first kappa shape index (κ1) is 18.5. The zero-order valence-electron chi connectivity index (χ0n) is 13.4. The highest BCUT2D eigenvalue weighted by molar-refractivity contribution is 5.81. The Labute approximate surface area is 132 Å². The predicted octanol–water partition coefficient (Wildman–Crippen LogP) is 2.57. The number of carbonyl (C=O) groups is 2. The van der Waals surface area contributed by atoms with Crippen molar-refractivity contribution >= 4 is 12.1 Å². The van der Waals surface area contributed by atoms with Crippen LogP contribution in [0.15, 0.2) is 12.7 Å². The van der Waals surface area contributed by atoms with Gasteiger partial charge in [-0.15, -0.1) is 0 Å². The molecule has 0 aliphatic carbocycles. The molecule has 0 bridgehead atoms. The van der Waals surface area contributed by atoms with Crippen LogP contribution in [0, 0.1) is 0 Å². The van der Waals surface area contributed by atoms with E-state index in [0.717, 1.165) is 44.6 Å². The van der Waals surface area contributed by atoms with E-state index in [4.69, 9.17) is 14.2 Å². The lowest BCUT2D eigenvalue weighted by atomic mass is 9.88. The van der Waals surface area contributed by atoms with Gasteiger partial charge in [0.25, 0.3) is 0 Å². The first-order valence-corrected chi connectivity index (χ1v) is 7.95. The molecular weight excluding hydrogens is 286 g/mol. The molecule has 1 fully saturated rings. The van der Waals surface area contributed by atoms with E-state index in [1.54, 1.807) is 0 Å².